The molecule has 15 heavy (non-hydrogen) atoms. The Morgan fingerprint density at radius 2 is 2.13 bits per heavy atom. The molecule has 2 saturated carbocycles. The maximum atomic E-state index is 11.7. The zero-order valence-corrected chi connectivity index (χ0v) is 9.53. The summed E-state index contributed by atoms with van der Waals surface area (Å²) in [5, 5.41) is 10.0. The number of carbonyl (C=O) groups is 1. The number of rotatable bonds is 1. The summed E-state index contributed by atoms with van der Waals surface area (Å²) in [7, 11) is 1.46. The van der Waals surface area contributed by atoms with Gasteiger partial charge in [-0.1, -0.05) is 13.3 Å². The van der Waals surface area contributed by atoms with E-state index in [4.69, 9.17) is 4.74 Å². The molecule has 1 unspecified atom stereocenters. The Labute approximate surface area is 90.8 Å². The summed E-state index contributed by atoms with van der Waals surface area (Å²) in [5.41, 5.74) is -0.0445. The Hall–Kier alpha value is -0.570. The van der Waals surface area contributed by atoms with Crippen LogP contribution in [0.15, 0.2) is 0 Å². The summed E-state index contributed by atoms with van der Waals surface area (Å²) in [6.07, 6.45) is 4.59. The number of ether oxygens (including phenoxy) is 1. The van der Waals surface area contributed by atoms with Gasteiger partial charge in [-0.2, -0.15) is 0 Å². The minimum absolute atomic E-state index is 0.0194. The Balaban J connectivity index is 2.20. The molecule has 0 aliphatic heterocycles. The van der Waals surface area contributed by atoms with Crippen LogP contribution in [0.4, 0.5) is 0 Å². The Kier molecular flexibility index (Phi) is 2.75. The molecular formula is C12H20O3. The fourth-order valence-corrected chi connectivity index (χ4v) is 3.59. The number of carbonyl (C=O) groups excluding carboxylic acids is 1. The zero-order chi connectivity index (χ0) is 11.1. The molecule has 3 nitrogen and oxygen atoms in total. The number of hydrogen-bond acceptors (Lipinski definition) is 3. The number of aliphatic hydroxyl groups excluding tert-OH is 1. The number of hydrogen-bond donors (Lipinski definition) is 1. The quantitative estimate of drug-likeness (QED) is 0.673. The lowest BCUT2D eigenvalue weighted by Gasteiger charge is -2.42. The Morgan fingerprint density at radius 3 is 2.80 bits per heavy atom. The van der Waals surface area contributed by atoms with E-state index < -0.39 is 0 Å². The van der Waals surface area contributed by atoms with Crippen LogP contribution in [0.2, 0.25) is 0 Å². The highest BCUT2D eigenvalue weighted by atomic mass is 16.5. The zero-order valence-electron chi connectivity index (χ0n) is 9.53. The third kappa shape index (κ3) is 1.57. The topological polar surface area (TPSA) is 46.5 Å². The average Bonchev–Trinajstić information content (AvgIpc) is 2.54. The van der Waals surface area contributed by atoms with E-state index in [1.807, 2.05) is 0 Å². The lowest BCUT2D eigenvalue weighted by Crippen LogP contribution is -2.42. The molecule has 2 aliphatic carbocycles. The molecule has 2 rings (SSSR count). The Bertz CT molecular complexity index is 264. The molecular weight excluding hydrogens is 192 g/mol. The van der Waals surface area contributed by atoms with Gasteiger partial charge in [-0.15, -0.1) is 0 Å². The Morgan fingerprint density at radius 1 is 1.40 bits per heavy atom. The largest absolute Gasteiger partial charge is 0.469 e. The first-order valence-corrected chi connectivity index (χ1v) is 5.85. The van der Waals surface area contributed by atoms with Gasteiger partial charge in [-0.3, -0.25) is 4.79 Å². The van der Waals surface area contributed by atoms with E-state index in [1.165, 1.54) is 7.11 Å². The minimum Gasteiger partial charge on any atom is -0.469 e. The van der Waals surface area contributed by atoms with Crippen molar-refractivity contribution >= 4 is 5.97 Å². The highest BCUT2D eigenvalue weighted by molar-refractivity contribution is 5.73. The molecule has 0 aromatic carbocycles. The van der Waals surface area contributed by atoms with Crippen LogP contribution in [0.1, 0.15) is 39.0 Å². The first-order chi connectivity index (χ1) is 7.09. The molecule has 86 valence electrons. The summed E-state index contributed by atoms with van der Waals surface area (Å²) in [6.45, 7) is 2.13. The maximum Gasteiger partial charge on any atom is 0.308 e. The minimum atomic E-state index is -0.227. The third-order valence-electron chi connectivity index (χ3n) is 4.58. The van der Waals surface area contributed by atoms with Crippen LogP contribution in [0.3, 0.4) is 0 Å². The van der Waals surface area contributed by atoms with Crippen molar-refractivity contribution in [3.05, 3.63) is 0 Å². The van der Waals surface area contributed by atoms with Gasteiger partial charge >= 0.3 is 5.97 Å². The van der Waals surface area contributed by atoms with Crippen molar-refractivity contribution in [2.24, 2.45) is 17.3 Å². The van der Waals surface area contributed by atoms with E-state index in [0.717, 1.165) is 32.1 Å². The van der Waals surface area contributed by atoms with Gasteiger partial charge in [-0.05, 0) is 37.0 Å². The van der Waals surface area contributed by atoms with Crippen molar-refractivity contribution in [1.82, 2.24) is 0 Å². The molecule has 2 aliphatic rings. The molecule has 3 heteroatoms. The van der Waals surface area contributed by atoms with Gasteiger partial charge in [0, 0.05) is 0 Å². The molecule has 0 amide bonds. The molecule has 0 radical (unpaired) electrons. The molecule has 4 atom stereocenters. The summed E-state index contributed by atoms with van der Waals surface area (Å²) in [4.78, 5) is 11.7. The summed E-state index contributed by atoms with van der Waals surface area (Å²) in [6, 6.07) is 0. The standard InChI is InChI=1S/C12H20O3/c1-12-7-3-4-8(11(14)15-2)9(12)5-6-10(12)13/h8-10,13H,3-7H2,1-2H3/t8-,9+,10?,12+/m1/s1. The number of esters is 1. The van der Waals surface area contributed by atoms with Gasteiger partial charge in [0.25, 0.3) is 0 Å². The van der Waals surface area contributed by atoms with Crippen LogP contribution in [-0.4, -0.2) is 24.3 Å². The molecule has 0 spiro atoms. The molecule has 1 N–H and O–H groups in total. The molecule has 0 aromatic rings. The van der Waals surface area contributed by atoms with E-state index in [-0.39, 0.29) is 23.4 Å². The predicted octanol–water partition coefficient (Wildman–Crippen LogP) is 1.74. The fraction of sp³-hybridized carbons (Fsp3) is 0.917. The second-order valence-corrected chi connectivity index (χ2v) is 5.23. The number of fused-ring (bicyclic) bond motifs is 1. The monoisotopic (exact) mass is 212 g/mol. The van der Waals surface area contributed by atoms with Crippen LogP contribution in [0, 0.1) is 17.3 Å². The van der Waals surface area contributed by atoms with E-state index in [1.54, 1.807) is 0 Å². The van der Waals surface area contributed by atoms with Crippen molar-refractivity contribution in [2.45, 2.75) is 45.1 Å². The second kappa shape index (κ2) is 3.78. The average molecular weight is 212 g/mol. The van der Waals surface area contributed by atoms with Crippen LogP contribution in [0.25, 0.3) is 0 Å². The second-order valence-electron chi connectivity index (χ2n) is 5.23. The molecule has 0 bridgehead atoms. The summed E-state index contributed by atoms with van der Waals surface area (Å²) >= 11 is 0. The van der Waals surface area contributed by atoms with Crippen molar-refractivity contribution in [3.8, 4) is 0 Å². The van der Waals surface area contributed by atoms with Gasteiger partial charge in [-0.25, -0.2) is 0 Å². The van der Waals surface area contributed by atoms with Crippen LogP contribution in [0.5, 0.6) is 0 Å². The van der Waals surface area contributed by atoms with E-state index >= 15 is 0 Å². The van der Waals surface area contributed by atoms with Crippen LogP contribution >= 0.6 is 0 Å². The number of aliphatic hydroxyl groups is 1. The van der Waals surface area contributed by atoms with Gasteiger partial charge in [0.15, 0.2) is 0 Å². The van der Waals surface area contributed by atoms with Crippen molar-refractivity contribution < 1.29 is 14.6 Å². The highest BCUT2D eigenvalue weighted by Crippen LogP contribution is 2.54. The molecule has 2 fully saturated rings. The van der Waals surface area contributed by atoms with E-state index in [2.05, 4.69) is 6.92 Å². The first-order valence-electron chi connectivity index (χ1n) is 5.85. The summed E-state index contributed by atoms with van der Waals surface area (Å²) in [5.74, 6) is 0.264. The first kappa shape index (κ1) is 10.9. The van der Waals surface area contributed by atoms with E-state index in [9.17, 15) is 9.90 Å². The third-order valence-corrected chi connectivity index (χ3v) is 4.58. The van der Waals surface area contributed by atoms with Gasteiger partial charge in [0.1, 0.15) is 0 Å². The van der Waals surface area contributed by atoms with Crippen molar-refractivity contribution in [3.63, 3.8) is 0 Å². The molecule has 0 heterocycles. The SMILES string of the molecule is COC(=O)[C@@H]1CCC[C@]2(C)C(O)CC[C@@H]12. The van der Waals surface area contributed by atoms with Crippen molar-refractivity contribution in [2.75, 3.05) is 7.11 Å². The van der Waals surface area contributed by atoms with Crippen molar-refractivity contribution in [1.29, 1.82) is 0 Å². The molecule has 0 saturated heterocycles. The molecule has 0 aromatic heterocycles. The normalized spacial score (nSPS) is 44.9. The lowest BCUT2D eigenvalue weighted by atomic mass is 9.63. The van der Waals surface area contributed by atoms with E-state index in [0.29, 0.717) is 5.92 Å². The predicted molar refractivity (Wildman–Crippen MR) is 56.2 cm³/mol. The fourth-order valence-electron chi connectivity index (χ4n) is 3.59. The highest BCUT2D eigenvalue weighted by Gasteiger charge is 2.52. The van der Waals surface area contributed by atoms with Crippen LogP contribution < -0.4 is 0 Å². The maximum absolute atomic E-state index is 11.7. The van der Waals surface area contributed by atoms with Crippen LogP contribution in [-0.2, 0) is 9.53 Å². The summed E-state index contributed by atoms with van der Waals surface area (Å²) < 4.78 is 4.86. The smallest absolute Gasteiger partial charge is 0.308 e. The van der Waals surface area contributed by atoms with Gasteiger partial charge in [0.05, 0.1) is 19.1 Å². The van der Waals surface area contributed by atoms with Gasteiger partial charge in [0.2, 0.25) is 0 Å². The number of methoxy groups -OCH3 is 1. The van der Waals surface area contributed by atoms with Gasteiger partial charge < -0.3 is 9.84 Å². The lowest BCUT2D eigenvalue weighted by molar-refractivity contribution is -0.152.